The van der Waals surface area contributed by atoms with Crippen molar-refractivity contribution < 1.29 is 9.59 Å². The van der Waals surface area contributed by atoms with Gasteiger partial charge < -0.3 is 15.2 Å². The molecule has 0 atom stereocenters. The zero-order valence-corrected chi connectivity index (χ0v) is 10.6. The van der Waals surface area contributed by atoms with Crippen molar-refractivity contribution in [3.8, 4) is 0 Å². The Hall–Kier alpha value is -1.78. The number of likely N-dealkylation sites (tertiary alicyclic amines) is 1. The number of nitrogens with one attached hydrogen (secondary N) is 2. The van der Waals surface area contributed by atoms with Gasteiger partial charge in [0.15, 0.2) is 0 Å². The summed E-state index contributed by atoms with van der Waals surface area (Å²) < 4.78 is 0. The molecule has 0 aliphatic carbocycles. The first-order valence-electron chi connectivity index (χ1n) is 6.31. The monoisotopic (exact) mass is 249 g/mol. The molecule has 0 saturated carbocycles. The van der Waals surface area contributed by atoms with E-state index >= 15 is 0 Å². The minimum Gasteiger partial charge on any atom is -0.367 e. The number of aromatic nitrogens is 1. The second-order valence-electron chi connectivity index (χ2n) is 4.72. The van der Waals surface area contributed by atoms with Crippen molar-refractivity contribution >= 4 is 11.8 Å². The maximum Gasteiger partial charge on any atom is 0.223 e. The molecule has 1 aromatic rings. The highest BCUT2D eigenvalue weighted by Crippen LogP contribution is 2.17. The molecule has 2 N–H and O–H groups in total. The van der Waals surface area contributed by atoms with Gasteiger partial charge in [-0.15, -0.1) is 0 Å². The lowest BCUT2D eigenvalue weighted by molar-refractivity contribution is -0.134. The molecule has 5 nitrogen and oxygen atoms in total. The van der Waals surface area contributed by atoms with Crippen molar-refractivity contribution in [1.82, 2.24) is 15.2 Å². The zero-order chi connectivity index (χ0) is 13.0. The van der Waals surface area contributed by atoms with E-state index in [1.165, 1.54) is 0 Å². The van der Waals surface area contributed by atoms with Crippen LogP contribution in [0.5, 0.6) is 0 Å². The summed E-state index contributed by atoms with van der Waals surface area (Å²) in [4.78, 5) is 27.9. The summed E-state index contributed by atoms with van der Waals surface area (Å²) >= 11 is 0. The lowest BCUT2D eigenvalue weighted by Gasteiger charge is -2.30. The van der Waals surface area contributed by atoms with Crippen molar-refractivity contribution in [2.75, 3.05) is 13.1 Å². The van der Waals surface area contributed by atoms with Crippen molar-refractivity contribution in [3.05, 3.63) is 24.0 Å². The molecule has 0 spiro atoms. The van der Waals surface area contributed by atoms with Gasteiger partial charge in [0.1, 0.15) is 0 Å². The summed E-state index contributed by atoms with van der Waals surface area (Å²) in [5, 5.41) is 2.94. The molecular formula is C13H19N3O2. The standard InChI is InChI=1S/C13H19N3O2/c1-10(17)16-6-3-12(4-7-16)13(18)15-9-11-2-5-14-8-11/h2,5,8,12,14H,3-4,6-7,9H2,1H3,(H,15,18). The van der Waals surface area contributed by atoms with Gasteiger partial charge in [-0.2, -0.15) is 0 Å². The summed E-state index contributed by atoms with van der Waals surface area (Å²) in [6.07, 6.45) is 5.24. The van der Waals surface area contributed by atoms with Crippen LogP contribution in [0.25, 0.3) is 0 Å². The highest BCUT2D eigenvalue weighted by Gasteiger charge is 2.25. The molecule has 18 heavy (non-hydrogen) atoms. The summed E-state index contributed by atoms with van der Waals surface area (Å²) in [6, 6.07) is 1.94. The molecule has 1 fully saturated rings. The molecular weight excluding hydrogens is 230 g/mol. The van der Waals surface area contributed by atoms with Gasteiger partial charge in [-0.05, 0) is 24.5 Å². The Morgan fingerprint density at radius 1 is 1.44 bits per heavy atom. The topological polar surface area (TPSA) is 65.2 Å². The van der Waals surface area contributed by atoms with Gasteiger partial charge in [0, 0.05) is 44.9 Å². The SMILES string of the molecule is CC(=O)N1CCC(C(=O)NCc2cc[nH]c2)CC1. The average Bonchev–Trinajstić information content (AvgIpc) is 2.89. The van der Waals surface area contributed by atoms with Gasteiger partial charge in [-0.1, -0.05) is 0 Å². The number of hydrogen-bond acceptors (Lipinski definition) is 2. The summed E-state index contributed by atoms with van der Waals surface area (Å²) in [6.45, 7) is 3.52. The number of aromatic amines is 1. The number of carbonyl (C=O) groups excluding carboxylic acids is 2. The van der Waals surface area contributed by atoms with Crippen molar-refractivity contribution in [2.24, 2.45) is 5.92 Å². The lowest BCUT2D eigenvalue weighted by Crippen LogP contribution is -2.42. The maximum absolute atomic E-state index is 11.9. The molecule has 2 heterocycles. The van der Waals surface area contributed by atoms with Crippen LogP contribution in [-0.2, 0) is 16.1 Å². The van der Waals surface area contributed by atoms with Gasteiger partial charge in [-0.25, -0.2) is 0 Å². The number of carbonyl (C=O) groups is 2. The van der Waals surface area contributed by atoms with E-state index in [2.05, 4.69) is 10.3 Å². The minimum absolute atomic E-state index is 0.0412. The van der Waals surface area contributed by atoms with Crippen LogP contribution in [0.15, 0.2) is 18.5 Å². The molecule has 0 bridgehead atoms. The van der Waals surface area contributed by atoms with Crippen LogP contribution >= 0.6 is 0 Å². The summed E-state index contributed by atoms with van der Waals surface area (Å²) in [5.41, 5.74) is 1.07. The van der Waals surface area contributed by atoms with E-state index in [0.717, 1.165) is 18.4 Å². The molecule has 2 rings (SSSR count). The molecule has 1 aromatic heterocycles. The molecule has 1 aliphatic rings. The van der Waals surface area contributed by atoms with Crippen LogP contribution in [0.4, 0.5) is 0 Å². The third-order valence-electron chi connectivity index (χ3n) is 3.44. The van der Waals surface area contributed by atoms with Crippen LogP contribution in [-0.4, -0.2) is 34.8 Å². The Balaban J connectivity index is 1.75. The number of amides is 2. The smallest absolute Gasteiger partial charge is 0.223 e. The summed E-state index contributed by atoms with van der Waals surface area (Å²) in [5.74, 6) is 0.236. The molecule has 0 radical (unpaired) electrons. The number of H-pyrrole nitrogens is 1. The molecule has 1 saturated heterocycles. The quantitative estimate of drug-likeness (QED) is 0.835. The highest BCUT2D eigenvalue weighted by atomic mass is 16.2. The van der Waals surface area contributed by atoms with Gasteiger partial charge in [0.05, 0.1) is 0 Å². The van der Waals surface area contributed by atoms with Crippen LogP contribution in [0.2, 0.25) is 0 Å². The predicted octanol–water partition coefficient (Wildman–Crippen LogP) is 0.889. The fourth-order valence-corrected chi connectivity index (χ4v) is 2.26. The van der Waals surface area contributed by atoms with E-state index in [1.54, 1.807) is 11.8 Å². The normalized spacial score (nSPS) is 16.6. The van der Waals surface area contributed by atoms with Crippen LogP contribution in [0.1, 0.15) is 25.3 Å². The number of piperidine rings is 1. The van der Waals surface area contributed by atoms with Gasteiger partial charge in [0.25, 0.3) is 0 Å². The van der Waals surface area contributed by atoms with E-state index in [9.17, 15) is 9.59 Å². The summed E-state index contributed by atoms with van der Waals surface area (Å²) in [7, 11) is 0. The van der Waals surface area contributed by atoms with E-state index < -0.39 is 0 Å². The largest absolute Gasteiger partial charge is 0.367 e. The fourth-order valence-electron chi connectivity index (χ4n) is 2.26. The Morgan fingerprint density at radius 3 is 2.72 bits per heavy atom. The molecule has 98 valence electrons. The van der Waals surface area contributed by atoms with Crippen molar-refractivity contribution in [2.45, 2.75) is 26.3 Å². The Bertz CT molecular complexity index is 406. The van der Waals surface area contributed by atoms with Crippen LogP contribution < -0.4 is 5.32 Å². The second-order valence-corrected chi connectivity index (χ2v) is 4.72. The van der Waals surface area contributed by atoms with E-state index in [1.807, 2.05) is 18.5 Å². The fraction of sp³-hybridized carbons (Fsp3) is 0.538. The average molecular weight is 249 g/mol. The lowest BCUT2D eigenvalue weighted by atomic mass is 9.96. The van der Waals surface area contributed by atoms with Crippen LogP contribution in [0, 0.1) is 5.92 Å². The Labute approximate surface area is 107 Å². The first-order valence-corrected chi connectivity index (χ1v) is 6.31. The highest BCUT2D eigenvalue weighted by molar-refractivity contribution is 5.79. The van der Waals surface area contributed by atoms with Gasteiger partial charge in [-0.3, -0.25) is 9.59 Å². The zero-order valence-electron chi connectivity index (χ0n) is 10.6. The molecule has 2 amide bonds. The predicted molar refractivity (Wildman–Crippen MR) is 67.6 cm³/mol. The molecule has 1 aliphatic heterocycles. The molecule has 0 unspecified atom stereocenters. The van der Waals surface area contributed by atoms with Crippen molar-refractivity contribution in [1.29, 1.82) is 0 Å². The molecule has 0 aromatic carbocycles. The molecule has 5 heteroatoms. The van der Waals surface area contributed by atoms with Gasteiger partial charge >= 0.3 is 0 Å². The van der Waals surface area contributed by atoms with E-state index in [4.69, 9.17) is 0 Å². The maximum atomic E-state index is 11.9. The third kappa shape index (κ3) is 3.12. The second kappa shape index (κ2) is 5.71. The van der Waals surface area contributed by atoms with E-state index in [0.29, 0.717) is 19.6 Å². The minimum atomic E-state index is 0.0412. The van der Waals surface area contributed by atoms with E-state index in [-0.39, 0.29) is 17.7 Å². The van der Waals surface area contributed by atoms with Crippen molar-refractivity contribution in [3.63, 3.8) is 0 Å². The first kappa shape index (κ1) is 12.7. The number of hydrogen-bond donors (Lipinski definition) is 2. The number of rotatable bonds is 3. The number of nitrogens with zero attached hydrogens (tertiary/aromatic N) is 1. The third-order valence-corrected chi connectivity index (χ3v) is 3.44. The van der Waals surface area contributed by atoms with Crippen LogP contribution in [0.3, 0.4) is 0 Å². The Morgan fingerprint density at radius 2 is 2.17 bits per heavy atom. The first-order chi connectivity index (χ1) is 8.66. The Kier molecular flexibility index (Phi) is 4.02. The van der Waals surface area contributed by atoms with Gasteiger partial charge in [0.2, 0.25) is 11.8 Å².